The van der Waals surface area contributed by atoms with Crippen LogP contribution in [0.4, 0.5) is 11.6 Å². The lowest BCUT2D eigenvalue weighted by molar-refractivity contribution is 0.687. The molecule has 0 radical (unpaired) electrons. The van der Waals surface area contributed by atoms with Crippen molar-refractivity contribution in [1.82, 2.24) is 9.97 Å². The topological polar surface area (TPSA) is 63.8 Å². The van der Waals surface area contributed by atoms with E-state index in [2.05, 4.69) is 21.5 Å². The van der Waals surface area contributed by atoms with Crippen molar-refractivity contribution in [3.8, 4) is 0 Å². The first kappa shape index (κ1) is 15.4. The summed E-state index contributed by atoms with van der Waals surface area (Å²) in [5.41, 5.74) is 6.96. The van der Waals surface area contributed by atoms with Crippen molar-refractivity contribution in [2.45, 2.75) is 51.4 Å². The van der Waals surface area contributed by atoms with Crippen molar-refractivity contribution in [3.63, 3.8) is 0 Å². The van der Waals surface area contributed by atoms with E-state index in [0.717, 1.165) is 23.8 Å². The summed E-state index contributed by atoms with van der Waals surface area (Å²) in [4.78, 5) is 9.03. The van der Waals surface area contributed by atoms with Crippen LogP contribution < -0.4 is 11.1 Å². The maximum Gasteiger partial charge on any atom is 0.136 e. The van der Waals surface area contributed by atoms with Crippen LogP contribution in [0.25, 0.3) is 0 Å². The van der Waals surface area contributed by atoms with Gasteiger partial charge in [0, 0.05) is 18.0 Å². The molecule has 4 nitrogen and oxygen atoms in total. The second kappa shape index (κ2) is 7.72. The molecule has 0 atom stereocenters. The molecule has 20 heavy (non-hydrogen) atoms. The first-order chi connectivity index (χ1) is 9.72. The Morgan fingerprint density at radius 3 is 2.65 bits per heavy atom. The Morgan fingerprint density at radius 1 is 1.20 bits per heavy atom. The van der Waals surface area contributed by atoms with E-state index in [1.807, 2.05) is 18.7 Å². The van der Waals surface area contributed by atoms with Crippen molar-refractivity contribution < 1.29 is 0 Å². The van der Waals surface area contributed by atoms with Gasteiger partial charge in [-0.2, -0.15) is 11.8 Å². The second-order valence-corrected chi connectivity index (χ2v) is 6.53. The minimum absolute atomic E-state index is 0.546. The molecule has 0 amide bonds. The van der Waals surface area contributed by atoms with Gasteiger partial charge in [-0.15, -0.1) is 0 Å². The van der Waals surface area contributed by atoms with E-state index in [1.165, 1.54) is 44.3 Å². The quantitative estimate of drug-likeness (QED) is 0.682. The van der Waals surface area contributed by atoms with Crippen LogP contribution in [0.3, 0.4) is 0 Å². The smallest absolute Gasteiger partial charge is 0.136 e. The van der Waals surface area contributed by atoms with E-state index in [4.69, 9.17) is 5.73 Å². The van der Waals surface area contributed by atoms with Crippen LogP contribution in [0.5, 0.6) is 0 Å². The number of nitrogens with two attached hydrogens (primary N) is 1. The summed E-state index contributed by atoms with van der Waals surface area (Å²) >= 11 is 1.93. The fourth-order valence-corrected chi connectivity index (χ4v) is 2.67. The third-order valence-electron chi connectivity index (χ3n) is 3.71. The minimum atomic E-state index is 0.546. The van der Waals surface area contributed by atoms with E-state index in [1.54, 1.807) is 0 Å². The molecular formula is C15H26N4S. The average Bonchev–Trinajstić information content (AvgIpc) is 3.26. The zero-order chi connectivity index (χ0) is 14.4. The highest BCUT2D eigenvalue weighted by molar-refractivity contribution is 7.98. The lowest BCUT2D eigenvalue weighted by Crippen LogP contribution is -2.10. The Morgan fingerprint density at radius 2 is 1.95 bits per heavy atom. The molecule has 0 spiro atoms. The molecule has 1 aliphatic carbocycles. The maximum atomic E-state index is 5.98. The van der Waals surface area contributed by atoms with Crippen LogP contribution in [0.1, 0.15) is 55.8 Å². The predicted molar refractivity (Wildman–Crippen MR) is 88.5 cm³/mol. The maximum absolute atomic E-state index is 5.98. The number of nitrogen functional groups attached to an aromatic ring is 1. The third kappa shape index (κ3) is 4.54. The minimum Gasteiger partial charge on any atom is -0.383 e. The van der Waals surface area contributed by atoms with Crippen LogP contribution in [0.15, 0.2) is 0 Å². The van der Waals surface area contributed by atoms with Crippen molar-refractivity contribution in [2.24, 2.45) is 0 Å². The number of unbranched alkanes of at least 4 members (excludes halogenated alkanes) is 3. The Hall–Kier alpha value is -0.970. The Balaban J connectivity index is 1.77. The Bertz CT molecular complexity index is 432. The molecule has 0 aromatic carbocycles. The molecule has 1 aromatic heterocycles. The first-order valence-electron chi connectivity index (χ1n) is 7.59. The van der Waals surface area contributed by atoms with Crippen molar-refractivity contribution in [1.29, 1.82) is 0 Å². The van der Waals surface area contributed by atoms with Gasteiger partial charge in [0.15, 0.2) is 0 Å². The fourth-order valence-electron chi connectivity index (χ4n) is 2.18. The number of rotatable bonds is 9. The van der Waals surface area contributed by atoms with Crippen LogP contribution in [0, 0.1) is 6.92 Å². The fraction of sp³-hybridized carbons (Fsp3) is 0.733. The van der Waals surface area contributed by atoms with E-state index in [-0.39, 0.29) is 0 Å². The summed E-state index contributed by atoms with van der Waals surface area (Å²) in [5, 5.41) is 3.43. The highest BCUT2D eigenvalue weighted by Crippen LogP contribution is 2.39. The third-order valence-corrected chi connectivity index (χ3v) is 4.41. The summed E-state index contributed by atoms with van der Waals surface area (Å²) in [5.74, 6) is 4.31. The highest BCUT2D eigenvalue weighted by atomic mass is 32.2. The van der Waals surface area contributed by atoms with Crippen LogP contribution in [0.2, 0.25) is 0 Å². The SMILES string of the molecule is CSCCCCCCNc1nc(C2CC2)nc(N)c1C. The number of nitrogens with zero attached hydrogens (tertiary/aromatic N) is 2. The molecule has 1 heterocycles. The lowest BCUT2D eigenvalue weighted by Gasteiger charge is -2.11. The molecule has 5 heteroatoms. The summed E-state index contributed by atoms with van der Waals surface area (Å²) in [6, 6.07) is 0. The van der Waals surface area contributed by atoms with Crippen LogP contribution in [-0.2, 0) is 0 Å². The van der Waals surface area contributed by atoms with Gasteiger partial charge in [-0.3, -0.25) is 0 Å². The largest absolute Gasteiger partial charge is 0.383 e. The zero-order valence-corrected chi connectivity index (χ0v) is 13.4. The van der Waals surface area contributed by atoms with Gasteiger partial charge in [-0.25, -0.2) is 9.97 Å². The van der Waals surface area contributed by atoms with Gasteiger partial charge < -0.3 is 11.1 Å². The molecular weight excluding hydrogens is 268 g/mol. The van der Waals surface area contributed by atoms with Gasteiger partial charge in [0.1, 0.15) is 17.5 Å². The first-order valence-corrected chi connectivity index (χ1v) is 8.98. The Labute approximate surface area is 126 Å². The molecule has 1 aliphatic rings. The zero-order valence-electron chi connectivity index (χ0n) is 12.6. The van der Waals surface area contributed by atoms with E-state index in [9.17, 15) is 0 Å². The molecule has 112 valence electrons. The lowest BCUT2D eigenvalue weighted by atomic mass is 10.2. The summed E-state index contributed by atoms with van der Waals surface area (Å²) in [6.07, 6.45) is 9.70. The number of anilines is 2. The van der Waals surface area contributed by atoms with Crippen molar-refractivity contribution in [2.75, 3.05) is 29.6 Å². The molecule has 0 aliphatic heterocycles. The van der Waals surface area contributed by atoms with E-state index < -0.39 is 0 Å². The Kier molecular flexibility index (Phi) is 5.95. The van der Waals surface area contributed by atoms with Gasteiger partial charge in [0.25, 0.3) is 0 Å². The number of hydrogen-bond donors (Lipinski definition) is 2. The van der Waals surface area contributed by atoms with E-state index in [0.29, 0.717) is 11.7 Å². The molecule has 1 fully saturated rings. The molecule has 3 N–H and O–H groups in total. The molecule has 0 unspecified atom stereocenters. The monoisotopic (exact) mass is 294 g/mol. The van der Waals surface area contributed by atoms with Gasteiger partial charge in [0.2, 0.25) is 0 Å². The molecule has 1 aromatic rings. The van der Waals surface area contributed by atoms with Gasteiger partial charge in [-0.1, -0.05) is 12.8 Å². The molecule has 0 saturated heterocycles. The van der Waals surface area contributed by atoms with Gasteiger partial charge in [0.05, 0.1) is 0 Å². The summed E-state index contributed by atoms with van der Waals surface area (Å²) < 4.78 is 0. The summed E-state index contributed by atoms with van der Waals surface area (Å²) in [7, 11) is 0. The van der Waals surface area contributed by atoms with E-state index >= 15 is 0 Å². The molecule has 0 bridgehead atoms. The van der Waals surface area contributed by atoms with Gasteiger partial charge >= 0.3 is 0 Å². The standard InChI is InChI=1S/C15H26N4S/c1-11-13(16)18-15(12-7-8-12)19-14(11)17-9-5-3-4-6-10-20-2/h12H,3-10H2,1-2H3,(H3,16,17,18,19). The van der Waals surface area contributed by atoms with Crippen LogP contribution >= 0.6 is 11.8 Å². The highest BCUT2D eigenvalue weighted by Gasteiger charge is 2.27. The number of hydrogen-bond acceptors (Lipinski definition) is 5. The van der Waals surface area contributed by atoms with Crippen LogP contribution in [-0.4, -0.2) is 28.5 Å². The number of aromatic nitrogens is 2. The second-order valence-electron chi connectivity index (χ2n) is 5.55. The molecule has 1 saturated carbocycles. The average molecular weight is 294 g/mol. The van der Waals surface area contributed by atoms with Crippen molar-refractivity contribution in [3.05, 3.63) is 11.4 Å². The summed E-state index contributed by atoms with van der Waals surface area (Å²) in [6.45, 7) is 2.97. The number of thioether (sulfide) groups is 1. The van der Waals surface area contributed by atoms with Gasteiger partial charge in [-0.05, 0) is 44.6 Å². The molecule has 2 rings (SSSR count). The predicted octanol–water partition coefficient (Wildman–Crippen LogP) is 3.58. The number of nitrogens with one attached hydrogen (secondary N) is 1. The van der Waals surface area contributed by atoms with Crippen molar-refractivity contribution >= 4 is 23.4 Å². The normalized spacial score (nSPS) is 14.5.